The predicted molar refractivity (Wildman–Crippen MR) is 72.2 cm³/mol. The van der Waals surface area contributed by atoms with E-state index in [-0.39, 0.29) is 18.0 Å². The first kappa shape index (κ1) is 14.4. The zero-order chi connectivity index (χ0) is 14.6. The molecule has 0 unspecified atom stereocenters. The lowest BCUT2D eigenvalue weighted by molar-refractivity contribution is -0.123. The molecule has 7 heteroatoms. The topological polar surface area (TPSA) is 96.1 Å². The van der Waals surface area contributed by atoms with Crippen molar-refractivity contribution in [1.29, 1.82) is 0 Å². The molecule has 0 radical (unpaired) electrons. The number of ether oxygens (including phenoxy) is 1. The maximum atomic E-state index is 11.9. The van der Waals surface area contributed by atoms with Gasteiger partial charge in [0.1, 0.15) is 12.4 Å². The van der Waals surface area contributed by atoms with E-state index in [1.165, 1.54) is 7.11 Å². The molecular formula is C13H20N4O3. The Balaban J connectivity index is 1.87. The van der Waals surface area contributed by atoms with Crippen molar-refractivity contribution in [2.24, 2.45) is 0 Å². The van der Waals surface area contributed by atoms with Crippen molar-refractivity contribution < 1.29 is 14.3 Å². The lowest BCUT2D eigenvalue weighted by atomic mass is 9.74. The summed E-state index contributed by atoms with van der Waals surface area (Å²) in [5.74, 6) is 0.668. The second-order valence-electron chi connectivity index (χ2n) is 5.22. The van der Waals surface area contributed by atoms with Crippen LogP contribution in [0.3, 0.4) is 0 Å². The van der Waals surface area contributed by atoms with Crippen LogP contribution in [-0.4, -0.2) is 41.2 Å². The standard InChI is InChI=1S/C13H20N4O3/c1-9-7-14-10(16-9)6-13(4-3-5-13)17-11(18)8-15-12(19)20-2/h7H,3-6,8H2,1-2H3,(H,14,16)(H,15,19)(H,17,18). The molecule has 0 bridgehead atoms. The monoisotopic (exact) mass is 280 g/mol. The molecule has 1 fully saturated rings. The number of aryl methyl sites for hydroxylation is 1. The van der Waals surface area contributed by atoms with E-state index >= 15 is 0 Å². The average molecular weight is 280 g/mol. The summed E-state index contributed by atoms with van der Waals surface area (Å²) in [5.41, 5.74) is 0.771. The van der Waals surface area contributed by atoms with E-state index in [9.17, 15) is 9.59 Å². The molecule has 1 aromatic heterocycles. The molecule has 2 rings (SSSR count). The molecular weight excluding hydrogens is 260 g/mol. The fourth-order valence-electron chi connectivity index (χ4n) is 2.39. The van der Waals surface area contributed by atoms with Crippen molar-refractivity contribution in [2.45, 2.75) is 38.1 Å². The first-order valence-electron chi connectivity index (χ1n) is 6.66. The number of H-pyrrole nitrogens is 1. The summed E-state index contributed by atoms with van der Waals surface area (Å²) in [7, 11) is 1.26. The van der Waals surface area contributed by atoms with E-state index in [0.29, 0.717) is 6.42 Å². The van der Waals surface area contributed by atoms with E-state index in [4.69, 9.17) is 0 Å². The summed E-state index contributed by atoms with van der Waals surface area (Å²) in [6.07, 6.45) is 4.80. The second kappa shape index (κ2) is 5.94. The summed E-state index contributed by atoms with van der Waals surface area (Å²) in [6.45, 7) is 1.87. The van der Waals surface area contributed by atoms with E-state index in [2.05, 4.69) is 25.3 Å². The number of hydrogen-bond donors (Lipinski definition) is 3. The Morgan fingerprint density at radius 2 is 2.25 bits per heavy atom. The van der Waals surface area contributed by atoms with Crippen LogP contribution < -0.4 is 10.6 Å². The van der Waals surface area contributed by atoms with Gasteiger partial charge in [-0.25, -0.2) is 9.78 Å². The second-order valence-corrected chi connectivity index (χ2v) is 5.22. The van der Waals surface area contributed by atoms with Crippen LogP contribution in [0.5, 0.6) is 0 Å². The minimum absolute atomic E-state index is 0.0778. The highest BCUT2D eigenvalue weighted by Gasteiger charge is 2.39. The maximum absolute atomic E-state index is 11.9. The van der Waals surface area contributed by atoms with Crippen LogP contribution in [-0.2, 0) is 16.0 Å². The Morgan fingerprint density at radius 3 is 2.75 bits per heavy atom. The van der Waals surface area contributed by atoms with E-state index in [1.54, 1.807) is 6.20 Å². The summed E-state index contributed by atoms with van der Waals surface area (Å²) in [6, 6.07) is 0. The Labute approximate surface area is 117 Å². The number of nitrogens with one attached hydrogen (secondary N) is 3. The van der Waals surface area contributed by atoms with Gasteiger partial charge in [-0.1, -0.05) is 0 Å². The smallest absolute Gasteiger partial charge is 0.407 e. The van der Waals surface area contributed by atoms with Crippen LogP contribution in [0.2, 0.25) is 0 Å². The van der Waals surface area contributed by atoms with Gasteiger partial charge in [0.15, 0.2) is 0 Å². The number of hydrogen-bond acceptors (Lipinski definition) is 4. The van der Waals surface area contributed by atoms with E-state index in [0.717, 1.165) is 30.8 Å². The third-order valence-corrected chi connectivity index (χ3v) is 3.56. The summed E-state index contributed by atoms with van der Waals surface area (Å²) < 4.78 is 4.42. The van der Waals surface area contributed by atoms with Crippen molar-refractivity contribution in [2.75, 3.05) is 13.7 Å². The Bertz CT molecular complexity index is 494. The van der Waals surface area contributed by atoms with Crippen LogP contribution in [0.15, 0.2) is 6.20 Å². The summed E-state index contributed by atoms with van der Waals surface area (Å²) in [4.78, 5) is 30.2. The molecule has 1 aliphatic carbocycles. The molecule has 0 saturated heterocycles. The van der Waals surface area contributed by atoms with Crippen LogP contribution in [0.1, 0.15) is 30.8 Å². The zero-order valence-electron chi connectivity index (χ0n) is 11.8. The van der Waals surface area contributed by atoms with Crippen molar-refractivity contribution in [3.05, 3.63) is 17.7 Å². The minimum atomic E-state index is -0.607. The number of nitrogens with zero attached hydrogens (tertiary/aromatic N) is 1. The first-order chi connectivity index (χ1) is 9.53. The van der Waals surface area contributed by atoms with Gasteiger partial charge < -0.3 is 20.4 Å². The molecule has 7 nitrogen and oxygen atoms in total. The summed E-state index contributed by atoms with van der Waals surface area (Å²) >= 11 is 0. The molecule has 2 amide bonds. The Hall–Kier alpha value is -2.05. The Morgan fingerprint density at radius 1 is 1.50 bits per heavy atom. The molecule has 0 aromatic carbocycles. The highest BCUT2D eigenvalue weighted by atomic mass is 16.5. The molecule has 1 aromatic rings. The van der Waals surface area contributed by atoms with Gasteiger partial charge in [-0.05, 0) is 26.2 Å². The maximum Gasteiger partial charge on any atom is 0.407 e. The number of aromatic nitrogens is 2. The third kappa shape index (κ3) is 3.49. The molecule has 0 aliphatic heterocycles. The van der Waals surface area contributed by atoms with Crippen LogP contribution >= 0.6 is 0 Å². The number of alkyl carbamates (subject to hydrolysis) is 1. The van der Waals surface area contributed by atoms with Crippen LogP contribution in [0, 0.1) is 6.92 Å². The van der Waals surface area contributed by atoms with E-state index in [1.807, 2.05) is 6.92 Å². The lowest BCUT2D eigenvalue weighted by Gasteiger charge is -2.42. The van der Waals surface area contributed by atoms with Gasteiger partial charge in [-0.15, -0.1) is 0 Å². The first-order valence-corrected chi connectivity index (χ1v) is 6.66. The number of aromatic amines is 1. The van der Waals surface area contributed by atoms with Gasteiger partial charge in [-0.3, -0.25) is 4.79 Å². The fraction of sp³-hybridized carbons (Fsp3) is 0.615. The summed E-state index contributed by atoms with van der Waals surface area (Å²) in [5, 5.41) is 5.37. The highest BCUT2D eigenvalue weighted by molar-refractivity contribution is 5.82. The predicted octanol–water partition coefficient (Wildman–Crippen LogP) is 0.656. The van der Waals surface area contributed by atoms with Gasteiger partial charge in [-0.2, -0.15) is 0 Å². The number of rotatable bonds is 5. The van der Waals surface area contributed by atoms with Gasteiger partial charge in [0.05, 0.1) is 7.11 Å². The van der Waals surface area contributed by atoms with Crippen molar-refractivity contribution in [3.8, 4) is 0 Å². The molecule has 0 spiro atoms. The number of methoxy groups -OCH3 is 1. The number of amides is 2. The van der Waals surface area contributed by atoms with Crippen molar-refractivity contribution in [3.63, 3.8) is 0 Å². The Kier molecular flexibility index (Phi) is 4.26. The third-order valence-electron chi connectivity index (χ3n) is 3.56. The number of carbonyl (C=O) groups excluding carboxylic acids is 2. The molecule has 1 saturated carbocycles. The number of carbonyl (C=O) groups is 2. The molecule has 0 atom stereocenters. The molecule has 20 heavy (non-hydrogen) atoms. The number of imidazole rings is 1. The van der Waals surface area contributed by atoms with Gasteiger partial charge in [0.2, 0.25) is 5.91 Å². The van der Waals surface area contributed by atoms with Crippen molar-refractivity contribution in [1.82, 2.24) is 20.6 Å². The van der Waals surface area contributed by atoms with Gasteiger partial charge in [0.25, 0.3) is 0 Å². The molecule has 110 valence electrons. The normalized spacial score (nSPS) is 16.1. The average Bonchev–Trinajstić information content (AvgIpc) is 2.78. The zero-order valence-corrected chi connectivity index (χ0v) is 11.8. The van der Waals surface area contributed by atoms with Crippen molar-refractivity contribution >= 4 is 12.0 Å². The van der Waals surface area contributed by atoms with Gasteiger partial charge in [0, 0.05) is 23.9 Å². The largest absolute Gasteiger partial charge is 0.453 e. The van der Waals surface area contributed by atoms with Crippen LogP contribution in [0.25, 0.3) is 0 Å². The van der Waals surface area contributed by atoms with E-state index < -0.39 is 6.09 Å². The highest BCUT2D eigenvalue weighted by Crippen LogP contribution is 2.34. The minimum Gasteiger partial charge on any atom is -0.453 e. The quantitative estimate of drug-likeness (QED) is 0.738. The SMILES string of the molecule is COC(=O)NCC(=O)NC1(Cc2ncc(C)[nH]2)CCC1. The molecule has 1 aliphatic rings. The fourth-order valence-corrected chi connectivity index (χ4v) is 2.39. The molecule has 1 heterocycles. The van der Waals surface area contributed by atoms with Crippen LogP contribution in [0.4, 0.5) is 4.79 Å². The molecule has 3 N–H and O–H groups in total. The van der Waals surface area contributed by atoms with Gasteiger partial charge >= 0.3 is 6.09 Å². The lowest BCUT2D eigenvalue weighted by Crippen LogP contribution is -2.57.